The third-order valence-electron chi connectivity index (χ3n) is 7.72. The quantitative estimate of drug-likeness (QED) is 0.152. The number of aromatic nitrogens is 3. The molecule has 1 aromatic heterocycles. The fraction of sp³-hybridized carbons (Fsp3) is 0.179. The second-order valence-electron chi connectivity index (χ2n) is 12.1. The van der Waals surface area contributed by atoms with E-state index >= 15 is 0 Å². The van der Waals surface area contributed by atoms with Gasteiger partial charge in [0.2, 0.25) is 5.16 Å². The predicted molar refractivity (Wildman–Crippen MR) is 190 cm³/mol. The van der Waals surface area contributed by atoms with E-state index < -0.39 is 0 Å². The number of para-hydroxylation sites is 1. The summed E-state index contributed by atoms with van der Waals surface area (Å²) in [5, 5.41) is 14.3. The van der Waals surface area contributed by atoms with E-state index in [1.54, 1.807) is 11.8 Å². The van der Waals surface area contributed by atoms with Crippen LogP contribution in [0.5, 0.6) is 5.75 Å². The third kappa shape index (κ3) is 7.82. The highest BCUT2D eigenvalue weighted by molar-refractivity contribution is 7.99. The van der Waals surface area contributed by atoms with Crippen LogP contribution in [-0.2, 0) is 18.4 Å². The van der Waals surface area contributed by atoms with Crippen molar-refractivity contribution in [1.82, 2.24) is 14.8 Å². The number of ether oxygens (including phenoxy) is 1. The van der Waals surface area contributed by atoms with E-state index in [-0.39, 0.29) is 5.41 Å². The zero-order valence-corrected chi connectivity index (χ0v) is 27.9. The fourth-order valence-corrected chi connectivity index (χ4v) is 6.13. The SMILES string of the molecule is CC(C)(C)c1ccc(-c2nnc(Sc3ccc(CNc4ccccc4)c(OCCc4ccccc4)c3)n2-c2ccc(Cl)cc2)cc1. The Morgan fingerprint density at radius 2 is 1.48 bits per heavy atom. The largest absolute Gasteiger partial charge is 0.493 e. The minimum atomic E-state index is 0.0625. The van der Waals surface area contributed by atoms with E-state index in [4.69, 9.17) is 16.3 Å². The van der Waals surface area contributed by atoms with Gasteiger partial charge in [-0.25, -0.2) is 0 Å². The van der Waals surface area contributed by atoms with Gasteiger partial charge in [0.1, 0.15) is 5.75 Å². The molecule has 0 aliphatic heterocycles. The van der Waals surface area contributed by atoms with Gasteiger partial charge in [-0.1, -0.05) is 111 Å². The molecule has 0 saturated heterocycles. The number of benzene rings is 5. The summed E-state index contributed by atoms with van der Waals surface area (Å²) in [5.41, 5.74) is 6.66. The van der Waals surface area contributed by atoms with E-state index in [1.165, 1.54) is 11.1 Å². The molecule has 0 saturated carbocycles. The topological polar surface area (TPSA) is 52.0 Å². The summed E-state index contributed by atoms with van der Waals surface area (Å²) in [6.45, 7) is 7.87. The van der Waals surface area contributed by atoms with Crippen LogP contribution in [0.4, 0.5) is 5.69 Å². The Bertz CT molecular complexity index is 1870. The number of nitrogens with zero attached hydrogens (tertiary/aromatic N) is 3. The van der Waals surface area contributed by atoms with Crippen molar-refractivity contribution < 1.29 is 4.74 Å². The third-order valence-corrected chi connectivity index (χ3v) is 8.91. The Morgan fingerprint density at radius 1 is 0.783 bits per heavy atom. The summed E-state index contributed by atoms with van der Waals surface area (Å²) >= 11 is 7.83. The molecule has 1 N–H and O–H groups in total. The highest BCUT2D eigenvalue weighted by Crippen LogP contribution is 2.36. The van der Waals surface area contributed by atoms with E-state index in [0.29, 0.717) is 18.2 Å². The van der Waals surface area contributed by atoms with Crippen LogP contribution in [0, 0.1) is 0 Å². The molecule has 6 rings (SSSR count). The van der Waals surface area contributed by atoms with Crippen LogP contribution in [0.15, 0.2) is 137 Å². The molecule has 5 nitrogen and oxygen atoms in total. The maximum absolute atomic E-state index is 6.44. The van der Waals surface area contributed by atoms with Crippen molar-refractivity contribution in [2.75, 3.05) is 11.9 Å². The van der Waals surface area contributed by atoms with E-state index in [1.807, 2.05) is 48.5 Å². The molecular formula is C39H37ClN4OS. The standard InChI is InChI=1S/C39H37ClN4OS/c1-39(2,3)31-17-14-29(15-18-31)37-42-43-38(44(37)34-21-19-32(40)20-22-34)46-35-23-16-30(27-41-33-12-8-5-9-13-33)36(26-35)45-25-24-28-10-6-4-7-11-28/h4-23,26,41H,24-25,27H2,1-3H3. The monoisotopic (exact) mass is 644 g/mol. The van der Waals surface area contributed by atoms with E-state index in [0.717, 1.165) is 50.5 Å². The van der Waals surface area contributed by atoms with Crippen molar-refractivity contribution >= 4 is 29.1 Å². The normalized spacial score (nSPS) is 11.4. The van der Waals surface area contributed by atoms with E-state index in [9.17, 15) is 0 Å². The number of anilines is 1. The average molecular weight is 645 g/mol. The molecule has 0 bridgehead atoms. The van der Waals surface area contributed by atoms with Crippen molar-refractivity contribution in [3.63, 3.8) is 0 Å². The van der Waals surface area contributed by atoms with Gasteiger partial charge in [0.15, 0.2) is 5.82 Å². The predicted octanol–water partition coefficient (Wildman–Crippen LogP) is 10.3. The number of halogens is 1. The maximum Gasteiger partial charge on any atom is 0.200 e. The molecule has 0 aliphatic rings. The highest BCUT2D eigenvalue weighted by atomic mass is 35.5. The molecule has 0 radical (unpaired) electrons. The van der Waals surface area contributed by atoms with Gasteiger partial charge < -0.3 is 10.1 Å². The van der Waals surface area contributed by atoms with Crippen LogP contribution in [-0.4, -0.2) is 21.4 Å². The van der Waals surface area contributed by atoms with Crippen molar-refractivity contribution in [1.29, 1.82) is 0 Å². The minimum Gasteiger partial charge on any atom is -0.493 e. The lowest BCUT2D eigenvalue weighted by Gasteiger charge is -2.19. The molecule has 46 heavy (non-hydrogen) atoms. The second kappa shape index (κ2) is 14.3. The molecule has 232 valence electrons. The van der Waals surface area contributed by atoms with Gasteiger partial charge in [-0.2, -0.15) is 0 Å². The zero-order chi connectivity index (χ0) is 31.9. The first-order chi connectivity index (χ1) is 22.3. The summed E-state index contributed by atoms with van der Waals surface area (Å²) in [7, 11) is 0. The summed E-state index contributed by atoms with van der Waals surface area (Å²) in [5.74, 6) is 1.62. The lowest BCUT2D eigenvalue weighted by atomic mass is 9.87. The lowest BCUT2D eigenvalue weighted by molar-refractivity contribution is 0.318. The lowest BCUT2D eigenvalue weighted by Crippen LogP contribution is -2.10. The smallest absolute Gasteiger partial charge is 0.200 e. The fourth-order valence-electron chi connectivity index (χ4n) is 5.13. The summed E-state index contributed by atoms with van der Waals surface area (Å²) in [6, 6.07) is 43.4. The van der Waals surface area contributed by atoms with Crippen molar-refractivity contribution in [2.45, 2.75) is 49.2 Å². The molecule has 0 unspecified atom stereocenters. The summed E-state index contributed by atoms with van der Waals surface area (Å²) in [6.07, 6.45) is 0.825. The molecule has 1 heterocycles. The first-order valence-electron chi connectivity index (χ1n) is 15.4. The van der Waals surface area contributed by atoms with Gasteiger partial charge in [0.25, 0.3) is 0 Å². The van der Waals surface area contributed by atoms with Crippen LogP contribution in [0.3, 0.4) is 0 Å². The van der Waals surface area contributed by atoms with Crippen molar-refractivity contribution in [3.8, 4) is 22.8 Å². The van der Waals surface area contributed by atoms with Crippen LogP contribution < -0.4 is 10.1 Å². The second-order valence-corrected chi connectivity index (χ2v) is 13.6. The molecular weight excluding hydrogens is 608 g/mol. The highest BCUT2D eigenvalue weighted by Gasteiger charge is 2.19. The number of rotatable bonds is 11. The first kappa shape index (κ1) is 31.5. The summed E-state index contributed by atoms with van der Waals surface area (Å²) in [4.78, 5) is 1.01. The minimum absolute atomic E-state index is 0.0625. The van der Waals surface area contributed by atoms with Crippen LogP contribution in [0.2, 0.25) is 5.02 Å². The van der Waals surface area contributed by atoms with Crippen LogP contribution in [0.25, 0.3) is 17.1 Å². The Labute approximate surface area is 280 Å². The maximum atomic E-state index is 6.44. The van der Waals surface area contributed by atoms with Gasteiger partial charge in [0, 0.05) is 45.4 Å². The van der Waals surface area contributed by atoms with Gasteiger partial charge in [-0.3, -0.25) is 4.57 Å². The Hall–Kier alpha value is -4.52. The molecule has 5 aromatic carbocycles. The van der Waals surface area contributed by atoms with Crippen molar-refractivity contribution in [3.05, 3.63) is 149 Å². The zero-order valence-electron chi connectivity index (χ0n) is 26.3. The molecule has 0 amide bonds. The van der Waals surface area contributed by atoms with E-state index in [2.05, 4.69) is 120 Å². The average Bonchev–Trinajstić information content (AvgIpc) is 3.48. The van der Waals surface area contributed by atoms with Crippen molar-refractivity contribution in [2.24, 2.45) is 0 Å². The van der Waals surface area contributed by atoms with Gasteiger partial charge in [0.05, 0.1) is 6.61 Å². The van der Waals surface area contributed by atoms with Crippen LogP contribution >= 0.6 is 23.4 Å². The van der Waals surface area contributed by atoms with Gasteiger partial charge in [-0.15, -0.1) is 10.2 Å². The first-order valence-corrected chi connectivity index (χ1v) is 16.6. The Balaban J connectivity index is 1.31. The molecule has 0 spiro atoms. The molecule has 0 fully saturated rings. The summed E-state index contributed by atoms with van der Waals surface area (Å²) < 4.78 is 8.53. The van der Waals surface area contributed by atoms with Crippen LogP contribution in [0.1, 0.15) is 37.5 Å². The van der Waals surface area contributed by atoms with Gasteiger partial charge >= 0.3 is 0 Å². The number of nitrogens with one attached hydrogen (secondary N) is 1. The Morgan fingerprint density at radius 3 is 2.17 bits per heavy atom. The van der Waals surface area contributed by atoms with Gasteiger partial charge in [-0.05, 0) is 76.8 Å². The number of hydrogen-bond donors (Lipinski definition) is 1. The molecule has 0 atom stereocenters. The molecule has 7 heteroatoms. The Kier molecular flexibility index (Phi) is 9.76. The molecule has 0 aliphatic carbocycles. The molecule has 6 aromatic rings. The number of hydrogen-bond acceptors (Lipinski definition) is 5.